The lowest BCUT2D eigenvalue weighted by atomic mass is 10.1. The number of rotatable bonds is 7. The number of nitrogens with zero attached hydrogens (tertiary/aromatic N) is 1. The SMILES string of the molecule is COc1ccc(-c2nc(SCC(C)=O)oc2-c2ccc(OC)cc2)cc1. The Hall–Kier alpha value is -2.73. The molecular formula is C20H19NO4S. The Morgan fingerprint density at radius 2 is 1.50 bits per heavy atom. The molecule has 0 fully saturated rings. The molecule has 0 atom stereocenters. The molecule has 0 spiro atoms. The molecule has 1 heterocycles. The lowest BCUT2D eigenvalue weighted by Gasteiger charge is -2.04. The van der Waals surface area contributed by atoms with Gasteiger partial charge < -0.3 is 13.9 Å². The van der Waals surface area contributed by atoms with Crippen LogP contribution in [0.2, 0.25) is 0 Å². The van der Waals surface area contributed by atoms with E-state index in [1.165, 1.54) is 11.8 Å². The molecule has 26 heavy (non-hydrogen) atoms. The van der Waals surface area contributed by atoms with Crippen molar-refractivity contribution in [2.75, 3.05) is 20.0 Å². The molecule has 1 aromatic heterocycles. The first kappa shape index (κ1) is 18.1. The monoisotopic (exact) mass is 369 g/mol. The third kappa shape index (κ3) is 4.08. The van der Waals surface area contributed by atoms with Gasteiger partial charge in [-0.2, -0.15) is 0 Å². The van der Waals surface area contributed by atoms with Crippen molar-refractivity contribution in [2.45, 2.75) is 12.1 Å². The van der Waals surface area contributed by atoms with Gasteiger partial charge in [0.25, 0.3) is 5.22 Å². The molecule has 2 aromatic carbocycles. The van der Waals surface area contributed by atoms with Crippen LogP contribution in [0.1, 0.15) is 6.92 Å². The zero-order valence-corrected chi connectivity index (χ0v) is 15.6. The highest BCUT2D eigenvalue weighted by Crippen LogP contribution is 2.36. The lowest BCUT2D eigenvalue weighted by Crippen LogP contribution is -1.92. The first-order valence-corrected chi connectivity index (χ1v) is 9.01. The summed E-state index contributed by atoms with van der Waals surface area (Å²) in [6.45, 7) is 1.55. The van der Waals surface area contributed by atoms with E-state index in [1.54, 1.807) is 21.1 Å². The highest BCUT2D eigenvalue weighted by Gasteiger charge is 2.18. The number of carbonyl (C=O) groups is 1. The first-order valence-electron chi connectivity index (χ1n) is 8.02. The summed E-state index contributed by atoms with van der Waals surface area (Å²) in [6.07, 6.45) is 0. The van der Waals surface area contributed by atoms with Gasteiger partial charge >= 0.3 is 0 Å². The van der Waals surface area contributed by atoms with Crippen molar-refractivity contribution in [1.82, 2.24) is 4.98 Å². The minimum absolute atomic E-state index is 0.0743. The van der Waals surface area contributed by atoms with Crippen LogP contribution in [-0.2, 0) is 4.79 Å². The summed E-state index contributed by atoms with van der Waals surface area (Å²) >= 11 is 1.29. The van der Waals surface area contributed by atoms with E-state index >= 15 is 0 Å². The molecule has 0 saturated heterocycles. The number of Topliss-reactive ketones (excluding diaryl/α,β-unsaturated/α-hetero) is 1. The van der Waals surface area contributed by atoms with E-state index in [9.17, 15) is 4.79 Å². The van der Waals surface area contributed by atoms with E-state index in [-0.39, 0.29) is 5.78 Å². The summed E-state index contributed by atoms with van der Waals surface area (Å²) in [5.41, 5.74) is 2.53. The van der Waals surface area contributed by atoms with E-state index in [1.807, 2.05) is 48.5 Å². The predicted octanol–water partition coefficient (Wildman–Crippen LogP) is 4.71. The van der Waals surface area contributed by atoms with Crippen LogP contribution in [0, 0.1) is 0 Å². The predicted molar refractivity (Wildman–Crippen MR) is 102 cm³/mol. The second kappa shape index (κ2) is 8.10. The van der Waals surface area contributed by atoms with Crippen molar-refractivity contribution in [2.24, 2.45) is 0 Å². The van der Waals surface area contributed by atoms with E-state index in [0.29, 0.717) is 16.7 Å². The zero-order valence-electron chi connectivity index (χ0n) is 14.8. The Kier molecular flexibility index (Phi) is 5.63. The molecule has 6 heteroatoms. The highest BCUT2D eigenvalue weighted by atomic mass is 32.2. The topological polar surface area (TPSA) is 61.6 Å². The number of aromatic nitrogens is 1. The molecule has 0 saturated carbocycles. The molecular weight excluding hydrogens is 350 g/mol. The van der Waals surface area contributed by atoms with Crippen molar-refractivity contribution in [1.29, 1.82) is 0 Å². The van der Waals surface area contributed by atoms with Gasteiger partial charge in [0.05, 0.1) is 20.0 Å². The highest BCUT2D eigenvalue weighted by molar-refractivity contribution is 7.99. The number of benzene rings is 2. The average Bonchev–Trinajstić information content (AvgIpc) is 3.11. The minimum atomic E-state index is 0.0743. The first-order chi connectivity index (χ1) is 12.6. The van der Waals surface area contributed by atoms with Crippen LogP contribution >= 0.6 is 11.8 Å². The van der Waals surface area contributed by atoms with Gasteiger partial charge in [-0.15, -0.1) is 0 Å². The minimum Gasteiger partial charge on any atom is -0.497 e. The second-order valence-corrected chi connectivity index (χ2v) is 6.53. The molecule has 5 nitrogen and oxygen atoms in total. The lowest BCUT2D eigenvalue weighted by molar-refractivity contribution is -0.114. The molecule has 0 bridgehead atoms. The van der Waals surface area contributed by atoms with Gasteiger partial charge in [0.15, 0.2) is 5.76 Å². The molecule has 0 aliphatic rings. The van der Waals surface area contributed by atoms with Crippen molar-refractivity contribution in [3.8, 4) is 34.1 Å². The Morgan fingerprint density at radius 1 is 0.962 bits per heavy atom. The van der Waals surface area contributed by atoms with Crippen LogP contribution in [0.15, 0.2) is 58.2 Å². The van der Waals surface area contributed by atoms with Gasteiger partial charge in [-0.05, 0) is 55.5 Å². The van der Waals surface area contributed by atoms with Crippen molar-refractivity contribution in [3.05, 3.63) is 48.5 Å². The summed E-state index contributed by atoms with van der Waals surface area (Å²) in [5, 5.41) is 0.469. The van der Waals surface area contributed by atoms with Crippen molar-refractivity contribution in [3.63, 3.8) is 0 Å². The van der Waals surface area contributed by atoms with Crippen molar-refractivity contribution < 1.29 is 18.7 Å². The number of methoxy groups -OCH3 is 2. The van der Waals surface area contributed by atoms with Crippen LogP contribution < -0.4 is 9.47 Å². The molecule has 134 valence electrons. The fourth-order valence-corrected chi connectivity index (χ4v) is 3.03. The van der Waals surface area contributed by atoms with Gasteiger partial charge in [0.2, 0.25) is 0 Å². The van der Waals surface area contributed by atoms with Crippen LogP contribution in [0.25, 0.3) is 22.6 Å². The Morgan fingerprint density at radius 3 is 2.00 bits per heavy atom. The van der Waals surface area contributed by atoms with Gasteiger partial charge in [0, 0.05) is 11.1 Å². The number of ether oxygens (including phenoxy) is 2. The van der Waals surface area contributed by atoms with Crippen LogP contribution in [0.3, 0.4) is 0 Å². The summed E-state index contributed by atoms with van der Waals surface area (Å²) in [5.74, 6) is 2.60. The summed E-state index contributed by atoms with van der Waals surface area (Å²) < 4.78 is 16.4. The Bertz CT molecular complexity index is 820. The number of ketones is 1. The smallest absolute Gasteiger partial charge is 0.257 e. The number of hydrogen-bond acceptors (Lipinski definition) is 6. The fourth-order valence-electron chi connectivity index (χ4n) is 2.41. The van der Waals surface area contributed by atoms with Gasteiger partial charge in [-0.3, -0.25) is 4.79 Å². The summed E-state index contributed by atoms with van der Waals surface area (Å²) in [4.78, 5) is 15.9. The van der Waals surface area contributed by atoms with Gasteiger partial charge in [-0.1, -0.05) is 11.8 Å². The number of oxazole rings is 1. The molecule has 0 unspecified atom stereocenters. The van der Waals surface area contributed by atoms with E-state index in [2.05, 4.69) is 4.98 Å². The molecule has 3 aromatic rings. The molecule has 0 radical (unpaired) electrons. The van der Waals surface area contributed by atoms with Crippen LogP contribution in [0.5, 0.6) is 11.5 Å². The van der Waals surface area contributed by atoms with Gasteiger partial charge in [0.1, 0.15) is 23.0 Å². The maximum atomic E-state index is 11.3. The van der Waals surface area contributed by atoms with E-state index in [4.69, 9.17) is 13.9 Å². The third-order valence-corrected chi connectivity index (χ3v) is 4.69. The van der Waals surface area contributed by atoms with Gasteiger partial charge in [-0.25, -0.2) is 4.98 Å². The van der Waals surface area contributed by atoms with E-state index < -0.39 is 0 Å². The maximum absolute atomic E-state index is 11.3. The maximum Gasteiger partial charge on any atom is 0.257 e. The van der Waals surface area contributed by atoms with Crippen LogP contribution in [0.4, 0.5) is 0 Å². The molecule has 3 rings (SSSR count). The standard InChI is InChI=1S/C20H19NO4S/c1-13(22)12-26-20-21-18(14-4-8-16(23-2)9-5-14)19(25-20)15-6-10-17(24-3)11-7-15/h4-11H,12H2,1-3H3. The largest absolute Gasteiger partial charge is 0.497 e. The summed E-state index contributed by atoms with van der Waals surface area (Å²) in [6, 6.07) is 15.2. The fraction of sp³-hybridized carbons (Fsp3) is 0.200. The molecule has 0 amide bonds. The molecule has 0 aliphatic heterocycles. The van der Waals surface area contributed by atoms with E-state index in [0.717, 1.165) is 28.3 Å². The second-order valence-electron chi connectivity index (χ2n) is 5.61. The Balaban J connectivity index is 2.02. The van der Waals surface area contributed by atoms with Crippen molar-refractivity contribution >= 4 is 17.5 Å². The zero-order chi connectivity index (χ0) is 18.5. The quantitative estimate of drug-likeness (QED) is 0.562. The average molecular weight is 369 g/mol. The normalized spacial score (nSPS) is 10.6. The third-order valence-electron chi connectivity index (χ3n) is 3.72. The summed E-state index contributed by atoms with van der Waals surface area (Å²) in [7, 11) is 3.26. The molecule has 0 aliphatic carbocycles. The molecule has 0 N–H and O–H groups in total. The Labute approximate surface area is 156 Å². The number of thioether (sulfide) groups is 1. The number of hydrogen-bond donors (Lipinski definition) is 0. The number of carbonyl (C=O) groups excluding carboxylic acids is 1. The van der Waals surface area contributed by atoms with Crippen LogP contribution in [-0.4, -0.2) is 30.7 Å².